The number of carbonyl (C=O) groups is 1. The van der Waals surface area contributed by atoms with Crippen molar-refractivity contribution >= 4 is 22.9 Å². The summed E-state index contributed by atoms with van der Waals surface area (Å²) in [6.07, 6.45) is 0.589. The van der Waals surface area contributed by atoms with Crippen LogP contribution >= 0.6 is 11.3 Å². The molecular formula is C14H15NO3S. The molecule has 19 heavy (non-hydrogen) atoms. The van der Waals surface area contributed by atoms with Crippen LogP contribution in [-0.4, -0.2) is 24.2 Å². The van der Waals surface area contributed by atoms with Gasteiger partial charge in [-0.3, -0.25) is 4.79 Å². The third kappa shape index (κ3) is 4.08. The number of aliphatic hydroxyl groups is 1. The van der Waals surface area contributed by atoms with Gasteiger partial charge in [0, 0.05) is 24.8 Å². The number of ether oxygens (including phenoxy) is 1. The average Bonchev–Trinajstić information content (AvgIpc) is 2.93. The third-order valence-electron chi connectivity index (χ3n) is 2.41. The van der Waals surface area contributed by atoms with Gasteiger partial charge in [0.2, 0.25) is 0 Å². The molecular weight excluding hydrogens is 262 g/mol. The van der Waals surface area contributed by atoms with E-state index < -0.39 is 0 Å². The smallest absolute Gasteiger partial charge is 0.265 e. The van der Waals surface area contributed by atoms with Crippen LogP contribution in [0.5, 0.6) is 5.75 Å². The topological polar surface area (TPSA) is 58.6 Å². The second-order valence-corrected chi connectivity index (χ2v) is 4.83. The number of rotatable bonds is 6. The molecule has 2 rings (SSSR count). The molecule has 1 amide bonds. The lowest BCUT2D eigenvalue weighted by molar-refractivity contribution is 0.103. The molecule has 2 aromatic rings. The molecule has 0 saturated carbocycles. The maximum atomic E-state index is 11.9. The Morgan fingerprint density at radius 1 is 1.32 bits per heavy atom. The van der Waals surface area contributed by atoms with Crippen LogP contribution in [-0.2, 0) is 0 Å². The number of anilines is 1. The predicted octanol–water partition coefficient (Wildman–Crippen LogP) is 2.76. The molecule has 0 bridgehead atoms. The van der Waals surface area contributed by atoms with Crippen LogP contribution in [0.25, 0.3) is 0 Å². The van der Waals surface area contributed by atoms with Crippen LogP contribution in [0.3, 0.4) is 0 Å². The Hall–Kier alpha value is -1.85. The van der Waals surface area contributed by atoms with Crippen LogP contribution in [0.4, 0.5) is 5.69 Å². The van der Waals surface area contributed by atoms with Gasteiger partial charge in [0.05, 0.1) is 11.5 Å². The molecule has 1 heterocycles. The molecule has 5 heteroatoms. The molecule has 0 aliphatic carbocycles. The standard InChI is InChI=1S/C14H15NO3S/c16-7-3-8-18-12-5-1-4-11(10-12)15-14(17)13-6-2-9-19-13/h1-2,4-6,9-10,16H,3,7-8H2,(H,15,17). The van der Waals surface area contributed by atoms with Gasteiger partial charge in [-0.25, -0.2) is 0 Å². The molecule has 2 N–H and O–H groups in total. The average molecular weight is 277 g/mol. The highest BCUT2D eigenvalue weighted by atomic mass is 32.1. The van der Waals surface area contributed by atoms with E-state index in [2.05, 4.69) is 5.32 Å². The van der Waals surface area contributed by atoms with E-state index in [9.17, 15) is 4.79 Å². The van der Waals surface area contributed by atoms with E-state index in [1.54, 1.807) is 12.1 Å². The van der Waals surface area contributed by atoms with Crippen molar-refractivity contribution in [3.63, 3.8) is 0 Å². The largest absolute Gasteiger partial charge is 0.493 e. The van der Waals surface area contributed by atoms with Gasteiger partial charge in [-0.2, -0.15) is 0 Å². The van der Waals surface area contributed by atoms with Gasteiger partial charge < -0.3 is 15.2 Å². The van der Waals surface area contributed by atoms with Crippen molar-refractivity contribution < 1.29 is 14.6 Å². The van der Waals surface area contributed by atoms with Crippen molar-refractivity contribution in [2.24, 2.45) is 0 Å². The fraction of sp³-hybridized carbons (Fsp3) is 0.214. The molecule has 0 atom stereocenters. The first-order chi connectivity index (χ1) is 9.29. The number of carbonyl (C=O) groups excluding carboxylic acids is 1. The summed E-state index contributed by atoms with van der Waals surface area (Å²) in [7, 11) is 0. The first-order valence-electron chi connectivity index (χ1n) is 5.98. The Morgan fingerprint density at radius 3 is 2.95 bits per heavy atom. The summed E-state index contributed by atoms with van der Waals surface area (Å²) in [5.74, 6) is 0.555. The van der Waals surface area contributed by atoms with Crippen molar-refractivity contribution in [1.29, 1.82) is 0 Å². The number of thiophene rings is 1. The summed E-state index contributed by atoms with van der Waals surface area (Å²) < 4.78 is 5.45. The van der Waals surface area contributed by atoms with Crippen molar-refractivity contribution in [2.75, 3.05) is 18.5 Å². The molecule has 0 aliphatic rings. The Morgan fingerprint density at radius 2 is 2.21 bits per heavy atom. The summed E-state index contributed by atoms with van der Waals surface area (Å²) in [5.41, 5.74) is 0.694. The molecule has 100 valence electrons. The fourth-order valence-electron chi connectivity index (χ4n) is 1.52. The van der Waals surface area contributed by atoms with Crippen LogP contribution in [0.1, 0.15) is 16.1 Å². The summed E-state index contributed by atoms with van der Waals surface area (Å²) in [6.45, 7) is 0.563. The van der Waals surface area contributed by atoms with Crippen LogP contribution in [0, 0.1) is 0 Å². The van der Waals surface area contributed by atoms with E-state index >= 15 is 0 Å². The predicted molar refractivity (Wildman–Crippen MR) is 75.9 cm³/mol. The number of hydrogen-bond donors (Lipinski definition) is 2. The zero-order chi connectivity index (χ0) is 13.5. The van der Waals surface area contributed by atoms with Gasteiger partial charge in [0.1, 0.15) is 5.75 Å². The number of nitrogens with one attached hydrogen (secondary N) is 1. The number of benzene rings is 1. The molecule has 0 aliphatic heterocycles. The van der Waals surface area contributed by atoms with Crippen molar-refractivity contribution in [3.8, 4) is 5.75 Å². The second-order valence-electron chi connectivity index (χ2n) is 3.88. The van der Waals surface area contributed by atoms with E-state index in [0.717, 1.165) is 0 Å². The number of amides is 1. The highest BCUT2D eigenvalue weighted by molar-refractivity contribution is 7.12. The van der Waals surface area contributed by atoms with E-state index in [1.807, 2.05) is 29.6 Å². The van der Waals surface area contributed by atoms with Crippen LogP contribution in [0.2, 0.25) is 0 Å². The molecule has 1 aromatic carbocycles. The van der Waals surface area contributed by atoms with E-state index in [-0.39, 0.29) is 12.5 Å². The fourth-order valence-corrected chi connectivity index (χ4v) is 2.14. The lowest BCUT2D eigenvalue weighted by Gasteiger charge is -2.08. The monoisotopic (exact) mass is 277 g/mol. The summed E-state index contributed by atoms with van der Waals surface area (Å²) in [5, 5.41) is 13.4. The highest BCUT2D eigenvalue weighted by Crippen LogP contribution is 2.19. The highest BCUT2D eigenvalue weighted by Gasteiger charge is 2.07. The molecule has 0 unspecified atom stereocenters. The molecule has 0 saturated heterocycles. The lowest BCUT2D eigenvalue weighted by Crippen LogP contribution is -2.10. The summed E-state index contributed by atoms with van der Waals surface area (Å²) in [4.78, 5) is 12.5. The minimum absolute atomic E-state index is 0.106. The first kappa shape index (κ1) is 13.6. The second kappa shape index (κ2) is 6.92. The number of hydrogen-bond acceptors (Lipinski definition) is 4. The molecule has 0 spiro atoms. The van der Waals surface area contributed by atoms with Gasteiger partial charge in [0.25, 0.3) is 5.91 Å². The van der Waals surface area contributed by atoms with Crippen molar-refractivity contribution in [2.45, 2.75) is 6.42 Å². The number of aliphatic hydroxyl groups excluding tert-OH is 1. The van der Waals surface area contributed by atoms with Gasteiger partial charge in [-0.15, -0.1) is 11.3 Å². The van der Waals surface area contributed by atoms with Crippen LogP contribution < -0.4 is 10.1 Å². The van der Waals surface area contributed by atoms with Crippen molar-refractivity contribution in [3.05, 3.63) is 46.7 Å². The van der Waals surface area contributed by atoms with Crippen LogP contribution in [0.15, 0.2) is 41.8 Å². The Balaban J connectivity index is 1.97. The van der Waals surface area contributed by atoms with E-state index in [0.29, 0.717) is 29.3 Å². The summed E-state index contributed by atoms with van der Waals surface area (Å²) in [6, 6.07) is 10.8. The zero-order valence-electron chi connectivity index (χ0n) is 10.3. The molecule has 0 radical (unpaired) electrons. The van der Waals surface area contributed by atoms with E-state index in [4.69, 9.17) is 9.84 Å². The van der Waals surface area contributed by atoms with Crippen molar-refractivity contribution in [1.82, 2.24) is 0 Å². The maximum Gasteiger partial charge on any atom is 0.265 e. The quantitative estimate of drug-likeness (QED) is 0.798. The van der Waals surface area contributed by atoms with Gasteiger partial charge in [0.15, 0.2) is 0 Å². The Bertz CT molecular complexity index is 525. The Labute approximate surface area is 115 Å². The van der Waals surface area contributed by atoms with Gasteiger partial charge >= 0.3 is 0 Å². The minimum atomic E-state index is -0.123. The Kier molecular flexibility index (Phi) is 4.94. The maximum absolute atomic E-state index is 11.9. The summed E-state index contributed by atoms with van der Waals surface area (Å²) >= 11 is 1.40. The van der Waals surface area contributed by atoms with Gasteiger partial charge in [-0.1, -0.05) is 12.1 Å². The first-order valence-corrected chi connectivity index (χ1v) is 6.86. The van der Waals surface area contributed by atoms with E-state index in [1.165, 1.54) is 11.3 Å². The lowest BCUT2D eigenvalue weighted by atomic mass is 10.3. The zero-order valence-corrected chi connectivity index (χ0v) is 11.2. The molecule has 1 aromatic heterocycles. The normalized spacial score (nSPS) is 10.2. The molecule has 4 nitrogen and oxygen atoms in total. The molecule has 0 fully saturated rings. The minimum Gasteiger partial charge on any atom is -0.493 e. The third-order valence-corrected chi connectivity index (χ3v) is 3.28. The van der Waals surface area contributed by atoms with Gasteiger partial charge in [-0.05, 0) is 23.6 Å². The SMILES string of the molecule is O=C(Nc1cccc(OCCCO)c1)c1cccs1.